The lowest BCUT2D eigenvalue weighted by atomic mass is 9.84. The highest BCUT2D eigenvalue weighted by Crippen LogP contribution is 2.33. The molecule has 3 nitrogen and oxygen atoms in total. The Kier molecular flexibility index (Phi) is 2.39. The van der Waals surface area contributed by atoms with Gasteiger partial charge in [0, 0.05) is 6.54 Å². The van der Waals surface area contributed by atoms with Crippen LogP contribution in [0.2, 0.25) is 0 Å². The van der Waals surface area contributed by atoms with E-state index in [1.807, 2.05) is 0 Å². The average Bonchev–Trinajstić information content (AvgIpc) is 2.39. The van der Waals surface area contributed by atoms with Crippen LogP contribution in [0.15, 0.2) is 0 Å². The zero-order chi connectivity index (χ0) is 9.42. The first-order chi connectivity index (χ1) is 6.20. The largest absolute Gasteiger partial charge is 0.316 e. The summed E-state index contributed by atoms with van der Waals surface area (Å²) in [6.45, 7) is 4.99. The number of carbonyl (C=O) groups excluding carboxylic acids is 1. The summed E-state index contributed by atoms with van der Waals surface area (Å²) in [5.41, 5.74) is 0. The van der Waals surface area contributed by atoms with E-state index in [-0.39, 0.29) is 6.04 Å². The molecular weight excluding hydrogens is 164 g/mol. The summed E-state index contributed by atoms with van der Waals surface area (Å²) in [5, 5.41) is 3.40. The number of ketones is 1. The maximum Gasteiger partial charge on any atom is 0.147 e. The van der Waals surface area contributed by atoms with Crippen molar-refractivity contribution < 1.29 is 4.79 Å². The van der Waals surface area contributed by atoms with Crippen LogP contribution in [0.4, 0.5) is 0 Å². The highest BCUT2D eigenvalue weighted by molar-refractivity contribution is 5.82. The average molecular weight is 182 g/mol. The number of likely N-dealkylation sites (tertiary alicyclic amines) is 1. The Morgan fingerprint density at radius 1 is 1.54 bits per heavy atom. The molecule has 1 N–H and O–H groups in total. The number of rotatable bonds is 1. The van der Waals surface area contributed by atoms with Crippen molar-refractivity contribution in [2.45, 2.75) is 19.4 Å². The van der Waals surface area contributed by atoms with Gasteiger partial charge in [0.15, 0.2) is 0 Å². The van der Waals surface area contributed by atoms with Gasteiger partial charge in [0.05, 0.1) is 6.04 Å². The molecule has 74 valence electrons. The zero-order valence-electron chi connectivity index (χ0n) is 8.42. The summed E-state index contributed by atoms with van der Waals surface area (Å²) >= 11 is 0. The van der Waals surface area contributed by atoms with E-state index in [0.717, 1.165) is 19.6 Å². The zero-order valence-corrected chi connectivity index (χ0v) is 8.42. The minimum Gasteiger partial charge on any atom is -0.316 e. The van der Waals surface area contributed by atoms with Crippen LogP contribution in [-0.2, 0) is 4.79 Å². The maximum atomic E-state index is 11.4. The first kappa shape index (κ1) is 9.16. The van der Waals surface area contributed by atoms with Crippen LogP contribution in [0.5, 0.6) is 0 Å². The van der Waals surface area contributed by atoms with E-state index in [0.29, 0.717) is 17.6 Å². The lowest BCUT2D eigenvalue weighted by Gasteiger charge is -2.28. The van der Waals surface area contributed by atoms with Crippen molar-refractivity contribution in [2.24, 2.45) is 11.8 Å². The van der Waals surface area contributed by atoms with E-state index < -0.39 is 0 Å². The van der Waals surface area contributed by atoms with E-state index in [1.54, 1.807) is 6.92 Å². The van der Waals surface area contributed by atoms with Crippen LogP contribution < -0.4 is 5.32 Å². The Morgan fingerprint density at radius 2 is 2.31 bits per heavy atom. The summed E-state index contributed by atoms with van der Waals surface area (Å²) in [5.74, 6) is 1.66. The fourth-order valence-corrected chi connectivity index (χ4v) is 2.98. The molecular formula is C10H18N2O. The fourth-order valence-electron chi connectivity index (χ4n) is 2.98. The summed E-state index contributed by atoms with van der Waals surface area (Å²) in [7, 11) is 2.07. The molecule has 3 atom stereocenters. The van der Waals surface area contributed by atoms with Crippen molar-refractivity contribution in [2.75, 3.05) is 26.7 Å². The maximum absolute atomic E-state index is 11.4. The van der Waals surface area contributed by atoms with Crippen LogP contribution in [-0.4, -0.2) is 43.4 Å². The number of nitrogens with zero attached hydrogens (tertiary/aromatic N) is 1. The fraction of sp³-hybridized carbons (Fsp3) is 0.900. The van der Waals surface area contributed by atoms with Gasteiger partial charge in [-0.1, -0.05) is 0 Å². The van der Waals surface area contributed by atoms with Gasteiger partial charge in [0.25, 0.3) is 0 Å². The van der Waals surface area contributed by atoms with Crippen molar-refractivity contribution in [3.05, 3.63) is 0 Å². The summed E-state index contributed by atoms with van der Waals surface area (Å²) in [4.78, 5) is 13.7. The molecule has 2 rings (SSSR count). The van der Waals surface area contributed by atoms with Gasteiger partial charge in [-0.25, -0.2) is 0 Å². The first-order valence-electron chi connectivity index (χ1n) is 5.11. The Morgan fingerprint density at radius 3 is 3.00 bits per heavy atom. The molecule has 0 spiro atoms. The number of carbonyl (C=O) groups is 1. The van der Waals surface area contributed by atoms with Crippen LogP contribution in [0.25, 0.3) is 0 Å². The third kappa shape index (κ3) is 1.51. The van der Waals surface area contributed by atoms with Gasteiger partial charge in [0.2, 0.25) is 0 Å². The molecule has 0 aromatic carbocycles. The van der Waals surface area contributed by atoms with E-state index in [9.17, 15) is 4.79 Å². The number of piperidine rings is 1. The van der Waals surface area contributed by atoms with Crippen molar-refractivity contribution in [3.8, 4) is 0 Å². The number of likely N-dealkylation sites (N-methyl/N-ethyl adjacent to an activating group) is 1. The Bertz CT molecular complexity index is 217. The molecule has 2 saturated heterocycles. The molecule has 2 heterocycles. The molecule has 0 aliphatic carbocycles. The molecule has 2 fully saturated rings. The van der Waals surface area contributed by atoms with Crippen molar-refractivity contribution in [3.63, 3.8) is 0 Å². The number of hydrogen-bond acceptors (Lipinski definition) is 3. The van der Waals surface area contributed by atoms with Crippen LogP contribution in [0, 0.1) is 11.8 Å². The Balaban J connectivity index is 2.13. The second-order valence-electron chi connectivity index (χ2n) is 4.41. The molecule has 2 aliphatic heterocycles. The number of fused-ring (bicyclic) bond motifs is 1. The van der Waals surface area contributed by atoms with E-state index in [2.05, 4.69) is 17.3 Å². The highest BCUT2D eigenvalue weighted by Gasteiger charge is 2.42. The van der Waals surface area contributed by atoms with Crippen molar-refractivity contribution in [1.82, 2.24) is 10.2 Å². The van der Waals surface area contributed by atoms with Gasteiger partial charge in [-0.05, 0) is 45.3 Å². The van der Waals surface area contributed by atoms with Crippen molar-refractivity contribution >= 4 is 5.78 Å². The smallest absolute Gasteiger partial charge is 0.147 e. The quantitative estimate of drug-likeness (QED) is 0.625. The molecule has 0 radical (unpaired) electrons. The summed E-state index contributed by atoms with van der Waals surface area (Å²) in [6, 6.07) is 0.201. The molecule has 3 unspecified atom stereocenters. The molecule has 13 heavy (non-hydrogen) atoms. The third-order valence-electron chi connectivity index (χ3n) is 3.49. The van der Waals surface area contributed by atoms with Crippen LogP contribution >= 0.6 is 0 Å². The number of Topliss-reactive ketones (excluding diaryl/α,β-unsaturated/α-hetero) is 1. The minimum atomic E-state index is 0.201. The second kappa shape index (κ2) is 3.39. The highest BCUT2D eigenvalue weighted by atomic mass is 16.1. The lowest BCUT2D eigenvalue weighted by molar-refractivity contribution is -0.122. The molecule has 0 bridgehead atoms. The van der Waals surface area contributed by atoms with Gasteiger partial charge in [-0.15, -0.1) is 0 Å². The summed E-state index contributed by atoms with van der Waals surface area (Å²) < 4.78 is 0. The number of nitrogens with one attached hydrogen (secondary N) is 1. The van der Waals surface area contributed by atoms with Crippen molar-refractivity contribution in [1.29, 1.82) is 0 Å². The van der Waals surface area contributed by atoms with Crippen LogP contribution in [0.3, 0.4) is 0 Å². The Labute approximate surface area is 79.5 Å². The Hall–Kier alpha value is -0.410. The van der Waals surface area contributed by atoms with Gasteiger partial charge in [0.1, 0.15) is 5.78 Å². The normalized spacial score (nSPS) is 40.3. The second-order valence-corrected chi connectivity index (χ2v) is 4.41. The molecule has 0 saturated carbocycles. The van der Waals surface area contributed by atoms with Gasteiger partial charge in [-0.2, -0.15) is 0 Å². The van der Waals surface area contributed by atoms with Gasteiger partial charge in [-0.3, -0.25) is 9.69 Å². The standard InChI is InChI=1S/C10H18N2O/c1-7(13)10-9-3-4-11-5-8(9)6-12(10)2/h8-11H,3-6H2,1-2H3. The minimum absolute atomic E-state index is 0.201. The van der Waals surface area contributed by atoms with Crippen LogP contribution in [0.1, 0.15) is 13.3 Å². The summed E-state index contributed by atoms with van der Waals surface area (Å²) in [6.07, 6.45) is 1.17. The van der Waals surface area contributed by atoms with Gasteiger partial charge < -0.3 is 5.32 Å². The van der Waals surface area contributed by atoms with E-state index in [1.165, 1.54) is 6.42 Å². The molecule has 2 aliphatic rings. The third-order valence-corrected chi connectivity index (χ3v) is 3.49. The van der Waals surface area contributed by atoms with E-state index >= 15 is 0 Å². The predicted octanol–water partition coefficient (Wildman–Crippen LogP) is 0.115. The monoisotopic (exact) mass is 182 g/mol. The van der Waals surface area contributed by atoms with E-state index in [4.69, 9.17) is 0 Å². The lowest BCUT2D eigenvalue weighted by Crippen LogP contribution is -2.41. The van der Waals surface area contributed by atoms with Gasteiger partial charge >= 0.3 is 0 Å². The first-order valence-corrected chi connectivity index (χ1v) is 5.11. The molecule has 0 aromatic rings. The topological polar surface area (TPSA) is 32.3 Å². The molecule has 3 heteroatoms. The molecule has 0 amide bonds. The number of hydrogen-bond donors (Lipinski definition) is 1. The SMILES string of the molecule is CC(=O)C1C2CCNCC2CN1C. The molecule has 0 aromatic heterocycles. The predicted molar refractivity (Wildman–Crippen MR) is 51.6 cm³/mol.